The Labute approximate surface area is 191 Å². The highest BCUT2D eigenvalue weighted by molar-refractivity contribution is 6.25. The van der Waals surface area contributed by atoms with Crippen LogP contribution >= 0.6 is 0 Å². The number of carbonyl (C=O) groups is 2. The third-order valence-corrected chi connectivity index (χ3v) is 6.32. The molecule has 7 nitrogen and oxygen atoms in total. The van der Waals surface area contributed by atoms with Crippen LogP contribution in [0, 0.1) is 5.41 Å². The fourth-order valence-corrected chi connectivity index (χ4v) is 4.72. The van der Waals surface area contributed by atoms with E-state index < -0.39 is 23.5 Å². The largest absolute Gasteiger partial charge is 0.508 e. The quantitative estimate of drug-likeness (QED) is 0.594. The number of phenolic OH excluding ortho intramolecular Hbond substituents is 1. The Hall–Kier alpha value is -3.84. The van der Waals surface area contributed by atoms with Gasteiger partial charge in [0.05, 0.1) is 18.0 Å². The number of benzene rings is 3. The maximum atomic E-state index is 13.9. The zero-order valence-corrected chi connectivity index (χ0v) is 18.3. The lowest BCUT2D eigenvalue weighted by atomic mass is 9.76. The van der Waals surface area contributed by atoms with E-state index in [1.54, 1.807) is 60.5 Å². The highest BCUT2D eigenvalue weighted by Crippen LogP contribution is 2.56. The molecule has 0 spiro atoms. The first-order chi connectivity index (χ1) is 16.0. The van der Waals surface area contributed by atoms with E-state index in [2.05, 4.69) is 0 Å². The number of aromatic hydroxyl groups is 1. The number of hydrogen-bond donors (Lipinski definition) is 1. The van der Waals surface area contributed by atoms with Crippen molar-refractivity contribution >= 4 is 23.2 Å². The fraction of sp³-hybridized carbons (Fsp3) is 0.231. The molecule has 168 valence electrons. The molecule has 0 aliphatic carbocycles. The topological polar surface area (TPSA) is 79.3 Å². The molecule has 0 saturated carbocycles. The molecular weight excluding hydrogens is 420 g/mol. The lowest BCUT2D eigenvalue weighted by molar-refractivity contribution is -0.128. The highest BCUT2D eigenvalue weighted by atomic mass is 16.7. The van der Waals surface area contributed by atoms with E-state index in [0.717, 1.165) is 0 Å². The highest BCUT2D eigenvalue weighted by Gasteiger charge is 2.69. The molecule has 33 heavy (non-hydrogen) atoms. The number of para-hydroxylation sites is 2. The van der Waals surface area contributed by atoms with Crippen LogP contribution in [0.25, 0.3) is 0 Å². The van der Waals surface area contributed by atoms with Crippen LogP contribution in [0.3, 0.4) is 0 Å². The molecular formula is C26H24N2O5. The van der Waals surface area contributed by atoms with Gasteiger partial charge < -0.3 is 9.84 Å². The molecule has 2 aliphatic heterocycles. The number of amides is 2. The van der Waals surface area contributed by atoms with Crippen molar-refractivity contribution in [3.8, 4) is 11.5 Å². The molecule has 3 aromatic rings. The molecule has 2 amide bonds. The summed E-state index contributed by atoms with van der Waals surface area (Å²) in [6.45, 7) is 4.14. The van der Waals surface area contributed by atoms with Crippen molar-refractivity contribution in [3.05, 3.63) is 84.4 Å². The molecule has 0 unspecified atom stereocenters. The second kappa shape index (κ2) is 7.94. The van der Waals surface area contributed by atoms with Crippen molar-refractivity contribution in [1.82, 2.24) is 0 Å². The average molecular weight is 444 g/mol. The average Bonchev–Trinajstić information content (AvgIpc) is 3.24. The first-order valence-electron chi connectivity index (χ1n) is 10.9. The van der Waals surface area contributed by atoms with Crippen LogP contribution < -0.4 is 14.7 Å². The minimum absolute atomic E-state index is 0.0358. The minimum Gasteiger partial charge on any atom is -0.508 e. The lowest BCUT2D eigenvalue weighted by Gasteiger charge is -2.33. The van der Waals surface area contributed by atoms with E-state index in [1.807, 2.05) is 37.3 Å². The smallest absolute Gasteiger partial charge is 0.266 e. The fourth-order valence-electron chi connectivity index (χ4n) is 4.72. The number of phenols is 1. The van der Waals surface area contributed by atoms with Crippen LogP contribution in [0.2, 0.25) is 0 Å². The molecule has 7 heteroatoms. The van der Waals surface area contributed by atoms with Gasteiger partial charge in [0.25, 0.3) is 5.91 Å². The third kappa shape index (κ3) is 3.15. The van der Waals surface area contributed by atoms with Gasteiger partial charge in [-0.05, 0) is 56.3 Å². The molecule has 2 heterocycles. The molecule has 1 N–H and O–H groups in total. The zero-order valence-electron chi connectivity index (χ0n) is 18.3. The molecule has 2 saturated heterocycles. The number of hydrogen-bond acceptors (Lipinski definition) is 6. The number of hydroxylamine groups is 1. The molecule has 0 radical (unpaired) electrons. The monoisotopic (exact) mass is 444 g/mol. The van der Waals surface area contributed by atoms with E-state index in [4.69, 9.17) is 9.57 Å². The van der Waals surface area contributed by atoms with Crippen LogP contribution in [0.1, 0.15) is 25.5 Å². The van der Waals surface area contributed by atoms with Crippen molar-refractivity contribution in [2.75, 3.05) is 16.6 Å². The zero-order chi connectivity index (χ0) is 23.2. The standard InChI is InChI=1S/C26H24N2O5/c1-3-32-19-15-13-17(14-16-19)27-24(30)23-26(2,25(27)31)22(20-11-7-8-12-21(20)29)28(33-23)18-9-5-4-6-10-18/h4-16,22-23,29H,3H2,1-2H3/t22-,23-,26-/m0/s1. The van der Waals surface area contributed by atoms with Gasteiger partial charge in [-0.25, -0.2) is 9.96 Å². The van der Waals surface area contributed by atoms with Gasteiger partial charge in [-0.3, -0.25) is 14.4 Å². The van der Waals surface area contributed by atoms with Crippen molar-refractivity contribution < 1.29 is 24.3 Å². The molecule has 2 aliphatic rings. The normalized spacial score (nSPS) is 24.3. The Morgan fingerprint density at radius 1 is 0.939 bits per heavy atom. The first-order valence-corrected chi connectivity index (χ1v) is 10.9. The summed E-state index contributed by atoms with van der Waals surface area (Å²) < 4.78 is 5.48. The maximum absolute atomic E-state index is 13.9. The number of imide groups is 1. The second-order valence-corrected chi connectivity index (χ2v) is 8.30. The van der Waals surface area contributed by atoms with E-state index >= 15 is 0 Å². The summed E-state index contributed by atoms with van der Waals surface area (Å²) in [6.07, 6.45) is -1.04. The predicted molar refractivity (Wildman–Crippen MR) is 123 cm³/mol. The molecule has 3 atom stereocenters. The van der Waals surface area contributed by atoms with Crippen LogP contribution in [-0.4, -0.2) is 29.6 Å². The molecule has 0 aromatic heterocycles. The minimum atomic E-state index is -1.26. The van der Waals surface area contributed by atoms with Gasteiger partial charge in [-0.2, -0.15) is 0 Å². The Kier molecular flexibility index (Phi) is 5.06. The summed E-state index contributed by atoms with van der Waals surface area (Å²) in [4.78, 5) is 34.8. The van der Waals surface area contributed by atoms with Crippen LogP contribution in [0.4, 0.5) is 11.4 Å². The second-order valence-electron chi connectivity index (χ2n) is 8.30. The Morgan fingerprint density at radius 3 is 2.27 bits per heavy atom. The number of rotatable bonds is 5. The number of ether oxygens (including phenoxy) is 1. The van der Waals surface area contributed by atoms with Crippen molar-refractivity contribution in [3.63, 3.8) is 0 Å². The summed E-state index contributed by atoms with van der Waals surface area (Å²) in [5.41, 5.74) is 0.398. The number of carbonyl (C=O) groups excluding carboxylic acids is 2. The van der Waals surface area contributed by atoms with E-state index in [0.29, 0.717) is 29.3 Å². The van der Waals surface area contributed by atoms with Gasteiger partial charge in [-0.1, -0.05) is 36.4 Å². The number of anilines is 2. The summed E-state index contributed by atoms with van der Waals surface area (Å²) >= 11 is 0. The van der Waals surface area contributed by atoms with Crippen molar-refractivity contribution in [2.45, 2.75) is 26.0 Å². The molecule has 3 aromatic carbocycles. The SMILES string of the molecule is CCOc1ccc(N2C(=O)[C@@H]3ON(c4ccccc4)[C@@H](c4ccccc4O)[C@]3(C)C2=O)cc1. The molecule has 0 bridgehead atoms. The van der Waals surface area contributed by atoms with Crippen LogP contribution in [0.15, 0.2) is 78.9 Å². The predicted octanol–water partition coefficient (Wildman–Crippen LogP) is 4.23. The number of nitrogens with zero attached hydrogens (tertiary/aromatic N) is 2. The first kappa shape index (κ1) is 21.0. The van der Waals surface area contributed by atoms with Crippen molar-refractivity contribution in [1.29, 1.82) is 0 Å². The van der Waals surface area contributed by atoms with Gasteiger partial charge in [0.15, 0.2) is 6.10 Å². The lowest BCUT2D eigenvalue weighted by Crippen LogP contribution is -2.41. The van der Waals surface area contributed by atoms with Crippen molar-refractivity contribution in [2.24, 2.45) is 5.41 Å². The van der Waals surface area contributed by atoms with Gasteiger partial charge in [0, 0.05) is 5.56 Å². The molecule has 2 fully saturated rings. The number of fused-ring (bicyclic) bond motifs is 1. The Morgan fingerprint density at radius 2 is 1.61 bits per heavy atom. The Bertz CT molecular complexity index is 1200. The van der Waals surface area contributed by atoms with Gasteiger partial charge in [0.1, 0.15) is 23.0 Å². The van der Waals surface area contributed by atoms with Crippen LogP contribution in [0.5, 0.6) is 11.5 Å². The maximum Gasteiger partial charge on any atom is 0.266 e. The van der Waals surface area contributed by atoms with E-state index in [-0.39, 0.29) is 11.7 Å². The van der Waals surface area contributed by atoms with Crippen LogP contribution in [-0.2, 0) is 14.4 Å². The van der Waals surface area contributed by atoms with E-state index in [9.17, 15) is 14.7 Å². The summed E-state index contributed by atoms with van der Waals surface area (Å²) in [5.74, 6) is -0.127. The third-order valence-electron chi connectivity index (χ3n) is 6.32. The summed E-state index contributed by atoms with van der Waals surface area (Å²) in [5, 5.41) is 12.3. The summed E-state index contributed by atoms with van der Waals surface area (Å²) in [7, 11) is 0. The van der Waals surface area contributed by atoms with E-state index in [1.165, 1.54) is 4.90 Å². The Balaban J connectivity index is 1.60. The van der Waals surface area contributed by atoms with Gasteiger partial charge in [-0.15, -0.1) is 0 Å². The molecule has 5 rings (SSSR count). The van der Waals surface area contributed by atoms with Gasteiger partial charge in [0.2, 0.25) is 5.91 Å². The summed E-state index contributed by atoms with van der Waals surface area (Å²) in [6, 6.07) is 22.2. The van der Waals surface area contributed by atoms with Gasteiger partial charge >= 0.3 is 0 Å².